The van der Waals surface area contributed by atoms with E-state index in [2.05, 4.69) is 4.98 Å². The summed E-state index contributed by atoms with van der Waals surface area (Å²) in [5, 5.41) is 0. The molecule has 0 amide bonds. The summed E-state index contributed by atoms with van der Waals surface area (Å²) in [6, 6.07) is 8.85. The van der Waals surface area contributed by atoms with Gasteiger partial charge in [0, 0.05) is 11.8 Å². The van der Waals surface area contributed by atoms with Crippen molar-refractivity contribution < 1.29 is 13.0 Å². The summed E-state index contributed by atoms with van der Waals surface area (Å²) in [4.78, 5) is 3.90. The molecule has 0 unspecified atom stereocenters. The summed E-state index contributed by atoms with van der Waals surface area (Å²) < 4.78 is 30.8. The van der Waals surface area contributed by atoms with Gasteiger partial charge in [0.05, 0.1) is 5.69 Å². The monoisotopic (exact) mass is 263 g/mol. The molecule has 0 fully saturated rings. The molecule has 0 aliphatic heterocycles. The minimum absolute atomic E-state index is 0.197. The van der Waals surface area contributed by atoms with Gasteiger partial charge in [0.1, 0.15) is 4.90 Å². The second-order valence-electron chi connectivity index (χ2n) is 4.12. The smallest absolute Gasteiger partial charge is 0.282 e. The summed E-state index contributed by atoms with van der Waals surface area (Å²) >= 11 is 0. The molecule has 5 heteroatoms. The summed E-state index contributed by atoms with van der Waals surface area (Å²) in [6.07, 6.45) is 1.16. The first-order valence-corrected chi connectivity index (χ1v) is 6.84. The molecule has 18 heavy (non-hydrogen) atoms. The van der Waals surface area contributed by atoms with Crippen molar-refractivity contribution in [3.05, 3.63) is 47.7 Å². The number of pyridine rings is 1. The first-order chi connectivity index (χ1) is 8.39. The maximum absolute atomic E-state index is 10.9. The fourth-order valence-corrected chi connectivity index (χ4v) is 2.33. The van der Waals surface area contributed by atoms with Gasteiger partial charge in [-0.3, -0.25) is 9.54 Å². The maximum atomic E-state index is 10.9. The largest absolute Gasteiger partial charge is 0.296 e. The van der Waals surface area contributed by atoms with Gasteiger partial charge in [0.2, 0.25) is 0 Å². The number of aryl methyl sites for hydroxylation is 2. The topological polar surface area (TPSA) is 67.3 Å². The van der Waals surface area contributed by atoms with Gasteiger partial charge < -0.3 is 0 Å². The zero-order chi connectivity index (χ0) is 13.3. The summed E-state index contributed by atoms with van der Waals surface area (Å²) in [5.41, 5.74) is 3.82. The molecule has 0 saturated carbocycles. The van der Waals surface area contributed by atoms with Gasteiger partial charge in [-0.15, -0.1) is 0 Å². The summed E-state index contributed by atoms with van der Waals surface area (Å²) in [7, 11) is -4.18. The lowest BCUT2D eigenvalue weighted by Crippen LogP contribution is -1.99. The highest BCUT2D eigenvalue weighted by atomic mass is 32.2. The molecule has 0 aliphatic rings. The van der Waals surface area contributed by atoms with Crippen LogP contribution in [0.1, 0.15) is 11.1 Å². The predicted molar refractivity (Wildman–Crippen MR) is 69.0 cm³/mol. The molecule has 94 valence electrons. The van der Waals surface area contributed by atoms with E-state index in [1.807, 2.05) is 32.0 Å². The average Bonchev–Trinajstić information content (AvgIpc) is 2.28. The van der Waals surface area contributed by atoms with Crippen LogP contribution in [0.3, 0.4) is 0 Å². The van der Waals surface area contributed by atoms with Crippen molar-refractivity contribution in [1.82, 2.24) is 4.98 Å². The predicted octanol–water partition coefficient (Wildman–Crippen LogP) is 2.61. The SMILES string of the molecule is Cc1cccc(C)c1-c1ccc(S(=O)(=O)O)cn1. The fourth-order valence-electron chi connectivity index (χ4n) is 1.90. The first-order valence-electron chi connectivity index (χ1n) is 5.40. The van der Waals surface area contributed by atoms with Gasteiger partial charge in [-0.05, 0) is 37.1 Å². The highest BCUT2D eigenvalue weighted by Crippen LogP contribution is 2.25. The number of rotatable bonds is 2. The minimum atomic E-state index is -4.18. The van der Waals surface area contributed by atoms with E-state index >= 15 is 0 Å². The lowest BCUT2D eigenvalue weighted by Gasteiger charge is -2.09. The number of benzene rings is 1. The molecule has 0 spiro atoms. The van der Waals surface area contributed by atoms with E-state index in [4.69, 9.17) is 4.55 Å². The zero-order valence-corrected chi connectivity index (χ0v) is 10.9. The van der Waals surface area contributed by atoms with E-state index in [-0.39, 0.29) is 4.90 Å². The number of hydrogen-bond donors (Lipinski definition) is 1. The standard InChI is InChI=1S/C13H13NO3S/c1-9-4-3-5-10(2)13(9)12-7-6-11(8-14-12)18(15,16)17/h3-8H,1-2H3,(H,15,16,17). The van der Waals surface area contributed by atoms with Crippen molar-refractivity contribution in [1.29, 1.82) is 0 Å². The Hall–Kier alpha value is -1.72. The number of nitrogens with zero attached hydrogens (tertiary/aromatic N) is 1. The third kappa shape index (κ3) is 2.42. The Morgan fingerprint density at radius 2 is 1.67 bits per heavy atom. The van der Waals surface area contributed by atoms with Crippen LogP contribution >= 0.6 is 0 Å². The normalized spacial score (nSPS) is 11.5. The second-order valence-corrected chi connectivity index (χ2v) is 5.54. The summed E-state index contributed by atoms with van der Waals surface area (Å²) in [5.74, 6) is 0. The van der Waals surface area contributed by atoms with E-state index in [1.54, 1.807) is 6.07 Å². The van der Waals surface area contributed by atoms with E-state index in [1.165, 1.54) is 6.07 Å². The Bertz CT molecular complexity index is 656. The molecule has 0 radical (unpaired) electrons. The molecule has 1 aromatic heterocycles. The number of aromatic nitrogens is 1. The van der Waals surface area contributed by atoms with E-state index < -0.39 is 10.1 Å². The van der Waals surface area contributed by atoms with Crippen LogP contribution in [0.2, 0.25) is 0 Å². The third-order valence-electron chi connectivity index (χ3n) is 2.77. The van der Waals surface area contributed by atoms with Crippen LogP contribution in [0.15, 0.2) is 41.4 Å². The van der Waals surface area contributed by atoms with Crippen LogP contribution in [0, 0.1) is 13.8 Å². The molecule has 1 heterocycles. The number of hydrogen-bond acceptors (Lipinski definition) is 3. The van der Waals surface area contributed by atoms with Crippen LogP contribution in [-0.2, 0) is 10.1 Å². The molecular formula is C13H13NO3S. The Morgan fingerprint density at radius 3 is 2.11 bits per heavy atom. The fraction of sp³-hybridized carbons (Fsp3) is 0.154. The van der Waals surface area contributed by atoms with Crippen molar-refractivity contribution in [2.24, 2.45) is 0 Å². The van der Waals surface area contributed by atoms with Gasteiger partial charge in [0.15, 0.2) is 0 Å². The lowest BCUT2D eigenvalue weighted by molar-refractivity contribution is 0.483. The van der Waals surface area contributed by atoms with Crippen LogP contribution in [-0.4, -0.2) is 18.0 Å². The van der Waals surface area contributed by atoms with E-state index in [0.29, 0.717) is 5.69 Å². The average molecular weight is 263 g/mol. The van der Waals surface area contributed by atoms with E-state index in [0.717, 1.165) is 22.9 Å². The van der Waals surface area contributed by atoms with Crippen molar-refractivity contribution in [3.8, 4) is 11.3 Å². The van der Waals surface area contributed by atoms with Gasteiger partial charge in [-0.2, -0.15) is 8.42 Å². The van der Waals surface area contributed by atoms with Crippen molar-refractivity contribution in [3.63, 3.8) is 0 Å². The Morgan fingerprint density at radius 1 is 1.06 bits per heavy atom. The molecule has 0 atom stereocenters. The molecule has 4 nitrogen and oxygen atoms in total. The van der Waals surface area contributed by atoms with Gasteiger partial charge in [-0.25, -0.2) is 0 Å². The molecule has 2 aromatic rings. The molecule has 0 saturated heterocycles. The molecule has 2 rings (SSSR count). The van der Waals surface area contributed by atoms with Crippen molar-refractivity contribution in [2.75, 3.05) is 0 Å². The van der Waals surface area contributed by atoms with Gasteiger partial charge >= 0.3 is 0 Å². The molecule has 1 N–H and O–H groups in total. The molecule has 0 aliphatic carbocycles. The quantitative estimate of drug-likeness (QED) is 0.846. The first kappa shape index (κ1) is 12.7. The van der Waals surface area contributed by atoms with Crippen LogP contribution in [0.25, 0.3) is 11.3 Å². The Balaban J connectivity index is 2.54. The Kier molecular flexibility index (Phi) is 3.19. The summed E-state index contributed by atoms with van der Waals surface area (Å²) in [6.45, 7) is 3.95. The second kappa shape index (κ2) is 4.51. The van der Waals surface area contributed by atoms with Gasteiger partial charge in [-0.1, -0.05) is 18.2 Å². The maximum Gasteiger partial charge on any atom is 0.296 e. The van der Waals surface area contributed by atoms with Crippen LogP contribution < -0.4 is 0 Å². The van der Waals surface area contributed by atoms with Crippen LogP contribution in [0.5, 0.6) is 0 Å². The highest BCUT2D eigenvalue weighted by molar-refractivity contribution is 7.85. The third-order valence-corrected chi connectivity index (χ3v) is 3.61. The van der Waals surface area contributed by atoms with Crippen molar-refractivity contribution >= 4 is 10.1 Å². The molecule has 1 aromatic carbocycles. The highest BCUT2D eigenvalue weighted by Gasteiger charge is 2.11. The van der Waals surface area contributed by atoms with Gasteiger partial charge in [0.25, 0.3) is 10.1 Å². The van der Waals surface area contributed by atoms with Crippen molar-refractivity contribution in [2.45, 2.75) is 18.7 Å². The van der Waals surface area contributed by atoms with E-state index in [9.17, 15) is 8.42 Å². The minimum Gasteiger partial charge on any atom is -0.282 e. The zero-order valence-electron chi connectivity index (χ0n) is 10.1. The van der Waals surface area contributed by atoms with Crippen LogP contribution in [0.4, 0.5) is 0 Å². The lowest BCUT2D eigenvalue weighted by atomic mass is 10.00. The Labute approximate surface area is 106 Å². The molecule has 0 bridgehead atoms. The molecular weight excluding hydrogens is 250 g/mol.